The van der Waals surface area contributed by atoms with Crippen molar-refractivity contribution in [3.63, 3.8) is 0 Å². The largest absolute Gasteiger partial charge is 0.420 e. The van der Waals surface area contributed by atoms with Crippen LogP contribution in [0.4, 0.5) is 0 Å². The molecule has 0 atom stereocenters. The van der Waals surface area contributed by atoms with E-state index in [0.29, 0.717) is 29.8 Å². The normalized spacial score (nSPS) is 14.9. The van der Waals surface area contributed by atoms with Crippen LogP contribution in [0.5, 0.6) is 0 Å². The van der Waals surface area contributed by atoms with Gasteiger partial charge in [-0.1, -0.05) is 24.3 Å². The molecule has 7 nitrogen and oxygen atoms in total. The smallest absolute Gasteiger partial charge is 0.408 e. The van der Waals surface area contributed by atoms with Crippen LogP contribution in [0.2, 0.25) is 0 Å². The maximum atomic E-state index is 12.7. The van der Waals surface area contributed by atoms with Gasteiger partial charge in [0.05, 0.1) is 17.1 Å². The Morgan fingerprint density at radius 2 is 1.75 bits per heavy atom. The molecule has 0 N–H and O–H groups in total. The van der Waals surface area contributed by atoms with Crippen LogP contribution in [0, 0.1) is 11.3 Å². The minimum atomic E-state index is -0.506. The van der Waals surface area contributed by atoms with E-state index in [-0.39, 0.29) is 12.5 Å². The summed E-state index contributed by atoms with van der Waals surface area (Å²) >= 11 is 0. The molecule has 1 aliphatic rings. The minimum Gasteiger partial charge on any atom is -0.408 e. The number of nitriles is 1. The van der Waals surface area contributed by atoms with E-state index < -0.39 is 5.76 Å². The molecule has 2 aromatic carbocycles. The first-order chi connectivity index (χ1) is 13.6. The van der Waals surface area contributed by atoms with Gasteiger partial charge in [-0.3, -0.25) is 14.3 Å². The fraction of sp³-hybridized carbons (Fsp3) is 0.286. The van der Waals surface area contributed by atoms with E-state index in [4.69, 9.17) is 9.68 Å². The fourth-order valence-corrected chi connectivity index (χ4v) is 3.50. The number of fused-ring (bicyclic) bond motifs is 1. The number of benzene rings is 2. The molecule has 142 valence electrons. The summed E-state index contributed by atoms with van der Waals surface area (Å²) in [7, 11) is 0. The summed E-state index contributed by atoms with van der Waals surface area (Å²) in [6.07, 6.45) is 0. The number of carbonyl (C=O) groups excluding carboxylic acids is 1. The van der Waals surface area contributed by atoms with Gasteiger partial charge in [0.25, 0.3) is 0 Å². The van der Waals surface area contributed by atoms with Crippen molar-refractivity contribution in [2.24, 2.45) is 0 Å². The Hall–Kier alpha value is -3.37. The summed E-state index contributed by atoms with van der Waals surface area (Å²) in [5.41, 5.74) is 2.93. The van der Waals surface area contributed by atoms with E-state index in [1.54, 1.807) is 23.1 Å². The van der Waals surface area contributed by atoms with E-state index in [0.717, 1.165) is 25.2 Å². The third-order valence-electron chi connectivity index (χ3n) is 5.08. The van der Waals surface area contributed by atoms with Gasteiger partial charge in [0.1, 0.15) is 6.54 Å². The quantitative estimate of drug-likeness (QED) is 0.694. The van der Waals surface area contributed by atoms with E-state index in [1.807, 2.05) is 30.3 Å². The molecule has 1 saturated heterocycles. The lowest BCUT2D eigenvalue weighted by Gasteiger charge is -2.34. The van der Waals surface area contributed by atoms with Gasteiger partial charge in [-0.2, -0.15) is 5.26 Å². The highest BCUT2D eigenvalue weighted by molar-refractivity contribution is 5.79. The molecule has 1 amide bonds. The number of aromatic nitrogens is 1. The molecule has 0 bridgehead atoms. The Balaban J connectivity index is 1.35. The molecule has 2 heterocycles. The summed E-state index contributed by atoms with van der Waals surface area (Å²) in [5, 5.41) is 8.87. The van der Waals surface area contributed by atoms with Crippen molar-refractivity contribution in [2.75, 3.05) is 26.2 Å². The van der Waals surface area contributed by atoms with Crippen LogP contribution >= 0.6 is 0 Å². The number of hydrogen-bond acceptors (Lipinski definition) is 5. The second kappa shape index (κ2) is 7.71. The van der Waals surface area contributed by atoms with Crippen LogP contribution in [-0.2, 0) is 17.9 Å². The second-order valence-corrected chi connectivity index (χ2v) is 6.89. The average molecular weight is 376 g/mol. The van der Waals surface area contributed by atoms with Crippen LogP contribution in [-0.4, -0.2) is 46.5 Å². The zero-order valence-corrected chi connectivity index (χ0v) is 15.4. The molecule has 0 spiro atoms. The fourth-order valence-electron chi connectivity index (χ4n) is 3.50. The van der Waals surface area contributed by atoms with Gasteiger partial charge >= 0.3 is 5.76 Å². The molecule has 1 aliphatic heterocycles. The molecule has 0 saturated carbocycles. The van der Waals surface area contributed by atoms with Crippen molar-refractivity contribution >= 4 is 17.0 Å². The third-order valence-corrected chi connectivity index (χ3v) is 5.08. The van der Waals surface area contributed by atoms with Gasteiger partial charge in [0.15, 0.2) is 5.58 Å². The first-order valence-electron chi connectivity index (χ1n) is 9.21. The van der Waals surface area contributed by atoms with Gasteiger partial charge in [0.2, 0.25) is 5.91 Å². The molecule has 3 aromatic rings. The maximum Gasteiger partial charge on any atom is 0.420 e. The zero-order chi connectivity index (χ0) is 19.5. The summed E-state index contributed by atoms with van der Waals surface area (Å²) in [6.45, 7) is 3.57. The lowest BCUT2D eigenvalue weighted by atomic mass is 10.1. The molecule has 0 unspecified atom stereocenters. The summed E-state index contributed by atoms with van der Waals surface area (Å²) in [5.74, 6) is -0.583. The van der Waals surface area contributed by atoms with Crippen molar-refractivity contribution in [2.45, 2.75) is 13.1 Å². The molecule has 7 heteroatoms. The van der Waals surface area contributed by atoms with Crippen LogP contribution in [0.3, 0.4) is 0 Å². The number of para-hydroxylation sites is 2. The van der Waals surface area contributed by atoms with Crippen LogP contribution < -0.4 is 5.76 Å². The SMILES string of the molecule is N#Cc1ccc(CN2CCN(C(=O)Cn3c(=O)oc4ccccc43)CC2)cc1. The van der Waals surface area contributed by atoms with Crippen molar-refractivity contribution in [3.8, 4) is 6.07 Å². The molecular weight excluding hydrogens is 356 g/mol. The number of nitrogens with zero attached hydrogens (tertiary/aromatic N) is 4. The Bertz CT molecular complexity index is 1080. The van der Waals surface area contributed by atoms with Crippen molar-refractivity contribution in [1.82, 2.24) is 14.4 Å². The monoisotopic (exact) mass is 376 g/mol. The van der Waals surface area contributed by atoms with E-state index in [1.165, 1.54) is 4.57 Å². The van der Waals surface area contributed by atoms with E-state index in [2.05, 4.69) is 11.0 Å². The number of piperazine rings is 1. The molecule has 0 radical (unpaired) electrons. The van der Waals surface area contributed by atoms with Crippen LogP contribution in [0.25, 0.3) is 11.1 Å². The topological polar surface area (TPSA) is 82.5 Å². The predicted molar refractivity (Wildman–Crippen MR) is 103 cm³/mol. The van der Waals surface area contributed by atoms with Gasteiger partial charge in [-0.25, -0.2) is 4.79 Å². The molecule has 28 heavy (non-hydrogen) atoms. The average Bonchev–Trinajstić information content (AvgIpc) is 3.04. The Labute approximate surface area is 162 Å². The van der Waals surface area contributed by atoms with E-state index >= 15 is 0 Å². The summed E-state index contributed by atoms with van der Waals surface area (Å²) < 4.78 is 6.59. The van der Waals surface area contributed by atoms with Crippen LogP contribution in [0.15, 0.2) is 57.7 Å². The highest BCUT2D eigenvalue weighted by atomic mass is 16.4. The summed E-state index contributed by atoms with van der Waals surface area (Å²) in [6, 6.07) is 16.8. The van der Waals surface area contributed by atoms with Gasteiger partial charge in [-0.05, 0) is 29.8 Å². The number of rotatable bonds is 4. The first kappa shape index (κ1) is 18.0. The molecule has 1 fully saturated rings. The predicted octanol–water partition coefficient (Wildman–Crippen LogP) is 1.81. The number of carbonyl (C=O) groups is 1. The third kappa shape index (κ3) is 3.68. The Morgan fingerprint density at radius 3 is 2.46 bits per heavy atom. The zero-order valence-electron chi connectivity index (χ0n) is 15.4. The molecule has 4 rings (SSSR count). The van der Waals surface area contributed by atoms with Crippen molar-refractivity contribution in [3.05, 3.63) is 70.2 Å². The highest BCUT2D eigenvalue weighted by Gasteiger charge is 2.22. The number of oxazole rings is 1. The minimum absolute atomic E-state index is 0.00846. The van der Waals surface area contributed by atoms with Gasteiger partial charge in [-0.15, -0.1) is 0 Å². The van der Waals surface area contributed by atoms with Crippen molar-refractivity contribution < 1.29 is 9.21 Å². The Kier molecular flexibility index (Phi) is 4.96. The first-order valence-corrected chi connectivity index (χ1v) is 9.21. The summed E-state index contributed by atoms with van der Waals surface area (Å²) in [4.78, 5) is 28.8. The lowest BCUT2D eigenvalue weighted by molar-refractivity contribution is -0.133. The van der Waals surface area contributed by atoms with Gasteiger partial charge in [0, 0.05) is 32.7 Å². The lowest BCUT2D eigenvalue weighted by Crippen LogP contribution is -2.49. The number of amides is 1. The molecule has 0 aliphatic carbocycles. The Morgan fingerprint density at radius 1 is 1.04 bits per heavy atom. The number of hydrogen-bond donors (Lipinski definition) is 0. The maximum absolute atomic E-state index is 12.7. The second-order valence-electron chi connectivity index (χ2n) is 6.89. The van der Waals surface area contributed by atoms with E-state index in [9.17, 15) is 9.59 Å². The standard InChI is InChI=1S/C21H20N4O3/c22-13-16-5-7-17(8-6-16)14-23-9-11-24(12-10-23)20(26)15-25-18-3-1-2-4-19(18)28-21(25)27/h1-8H,9-12,14-15H2. The highest BCUT2D eigenvalue weighted by Crippen LogP contribution is 2.13. The molecule has 1 aromatic heterocycles. The van der Waals surface area contributed by atoms with Crippen molar-refractivity contribution in [1.29, 1.82) is 5.26 Å². The van der Waals surface area contributed by atoms with Crippen LogP contribution in [0.1, 0.15) is 11.1 Å². The van der Waals surface area contributed by atoms with Gasteiger partial charge < -0.3 is 9.32 Å². The molecular formula is C21H20N4O3.